The van der Waals surface area contributed by atoms with E-state index in [1.165, 1.54) is 11.4 Å². The number of benzene rings is 7. The Labute approximate surface area is 344 Å². The summed E-state index contributed by atoms with van der Waals surface area (Å²) in [4.78, 5) is 12.1. The van der Waals surface area contributed by atoms with E-state index in [-0.39, 0.29) is 11.1 Å². The highest BCUT2D eigenvalue weighted by Gasteiger charge is 2.34. The lowest BCUT2D eigenvalue weighted by molar-refractivity contribution is 0.518. The Bertz CT molecular complexity index is 3000. The first-order valence-electron chi connectivity index (χ1n) is 21.3. The molecule has 58 heavy (non-hydrogen) atoms. The molecule has 10 rings (SSSR count). The second-order valence-corrected chi connectivity index (χ2v) is 15.9. The molecule has 0 N–H and O–H groups in total. The summed E-state index contributed by atoms with van der Waals surface area (Å²) in [7, 11) is 0. The summed E-state index contributed by atoms with van der Waals surface area (Å²) in [6.07, 6.45) is 1.60. The van der Waals surface area contributed by atoms with Crippen LogP contribution in [-0.2, 0) is 0 Å². The molecule has 0 amide bonds. The maximum absolute atomic E-state index is 8.23. The average molecular weight is 755 g/mol. The van der Waals surface area contributed by atoms with Gasteiger partial charge in [-0.2, -0.15) is 0 Å². The number of para-hydroxylation sites is 4. The van der Waals surface area contributed by atoms with E-state index in [0.717, 1.165) is 73.5 Å². The maximum atomic E-state index is 8.23. The predicted octanol–water partition coefficient (Wildman–Crippen LogP) is 14.0. The van der Waals surface area contributed by atoms with Gasteiger partial charge in [-0.05, 0) is 105 Å². The van der Waals surface area contributed by atoms with Crippen molar-refractivity contribution in [2.45, 2.75) is 33.2 Å². The van der Waals surface area contributed by atoms with E-state index >= 15 is 0 Å². The molecule has 0 unspecified atom stereocenters. The van der Waals surface area contributed by atoms with Crippen molar-refractivity contribution in [3.63, 3.8) is 0 Å². The van der Waals surface area contributed by atoms with Gasteiger partial charge in [0.25, 0.3) is 0 Å². The normalized spacial score (nSPS) is 13.7. The summed E-state index contributed by atoms with van der Waals surface area (Å²) in [6.45, 7) is 5.23. The standard InChI is InChI=1S/C53H45N5/c1-37-31-32-54-51(33-37)58-47-26-12-11-23-45(47)46-30-29-42(35-50(46)58)57(52-43(38-17-7-5-8-18-38)24-16-25-44(52)39-19-9-6-10-20-39)41-22-15-21-40(34-41)55-36-56(53(2,3)4)49-28-14-13-27-48(49)55/h5-35H,36H2,1-4H3/i1D3. The lowest BCUT2D eigenvalue weighted by Gasteiger charge is -2.34. The lowest BCUT2D eigenvalue weighted by Crippen LogP contribution is -2.42. The molecule has 3 heterocycles. The summed E-state index contributed by atoms with van der Waals surface area (Å²) in [5, 5.41) is 2.11. The van der Waals surface area contributed by atoms with Gasteiger partial charge in [0.15, 0.2) is 0 Å². The molecule has 0 saturated carbocycles. The molecule has 0 fully saturated rings. The summed E-state index contributed by atoms with van der Waals surface area (Å²) >= 11 is 0. The fourth-order valence-electron chi connectivity index (χ4n) is 8.59. The molecule has 1 aliphatic rings. The van der Waals surface area contributed by atoms with E-state index in [1.54, 1.807) is 18.3 Å². The third-order valence-electron chi connectivity index (χ3n) is 11.3. The Morgan fingerprint density at radius 3 is 1.93 bits per heavy atom. The number of aromatic nitrogens is 2. The first-order chi connectivity index (χ1) is 29.5. The SMILES string of the molecule is [2H]C([2H])([2H])c1ccnc(-n2c3ccccc3c3ccc(N(c4cccc(N5CN(C(C)(C)C)c6ccccc65)c4)c4c(-c5ccccc5)cccc4-c4ccccc4)cc32)c1. The number of pyridine rings is 1. The van der Waals surface area contributed by atoms with Crippen molar-refractivity contribution in [2.24, 2.45) is 0 Å². The molecule has 7 aromatic carbocycles. The Balaban J connectivity index is 1.26. The number of aryl methyl sites for hydroxylation is 1. The van der Waals surface area contributed by atoms with E-state index in [2.05, 4.69) is 198 Å². The molecule has 5 nitrogen and oxygen atoms in total. The zero-order valence-electron chi connectivity index (χ0n) is 35.8. The Hall–Kier alpha value is -7.11. The Morgan fingerprint density at radius 2 is 1.21 bits per heavy atom. The molecule has 0 spiro atoms. The third kappa shape index (κ3) is 6.07. The first-order valence-corrected chi connectivity index (χ1v) is 19.8. The summed E-state index contributed by atoms with van der Waals surface area (Å²) in [5.74, 6) is 0.552. The van der Waals surface area contributed by atoms with Crippen molar-refractivity contribution in [3.05, 3.63) is 194 Å². The fraction of sp³-hybridized carbons (Fsp3) is 0.113. The fourth-order valence-corrected chi connectivity index (χ4v) is 8.59. The van der Waals surface area contributed by atoms with Crippen molar-refractivity contribution in [2.75, 3.05) is 21.4 Å². The molecular weight excluding hydrogens is 707 g/mol. The van der Waals surface area contributed by atoms with Crippen LogP contribution in [0.15, 0.2) is 188 Å². The van der Waals surface area contributed by atoms with E-state index in [4.69, 9.17) is 9.10 Å². The van der Waals surface area contributed by atoms with Gasteiger partial charge in [0.05, 0.1) is 34.8 Å². The minimum atomic E-state index is -2.28. The number of fused-ring (bicyclic) bond motifs is 4. The minimum Gasteiger partial charge on any atom is -0.347 e. The minimum absolute atomic E-state index is 0.0839. The van der Waals surface area contributed by atoms with Gasteiger partial charge >= 0.3 is 0 Å². The Morgan fingerprint density at radius 1 is 0.569 bits per heavy atom. The highest BCUT2D eigenvalue weighted by atomic mass is 15.4. The van der Waals surface area contributed by atoms with Gasteiger partial charge in [-0.3, -0.25) is 4.57 Å². The van der Waals surface area contributed by atoms with Crippen LogP contribution in [-0.4, -0.2) is 21.8 Å². The largest absolute Gasteiger partial charge is 0.347 e. The van der Waals surface area contributed by atoms with Crippen LogP contribution in [0.2, 0.25) is 0 Å². The van der Waals surface area contributed by atoms with Crippen molar-refractivity contribution in [3.8, 4) is 28.1 Å². The van der Waals surface area contributed by atoms with Crippen molar-refractivity contribution in [1.29, 1.82) is 0 Å². The topological polar surface area (TPSA) is 27.5 Å². The number of anilines is 6. The van der Waals surface area contributed by atoms with Gasteiger partial charge in [0.2, 0.25) is 0 Å². The van der Waals surface area contributed by atoms with Gasteiger partial charge in [-0.1, -0.05) is 121 Å². The van der Waals surface area contributed by atoms with Gasteiger partial charge < -0.3 is 14.7 Å². The predicted molar refractivity (Wildman–Crippen MR) is 245 cm³/mol. The van der Waals surface area contributed by atoms with Gasteiger partial charge in [0.1, 0.15) is 5.82 Å². The van der Waals surface area contributed by atoms with Crippen LogP contribution in [0.3, 0.4) is 0 Å². The number of nitrogens with zero attached hydrogens (tertiary/aromatic N) is 5. The molecule has 9 aromatic rings. The Kier molecular flexibility index (Phi) is 7.80. The second kappa shape index (κ2) is 14.1. The van der Waals surface area contributed by atoms with Crippen molar-refractivity contribution in [1.82, 2.24) is 9.55 Å². The van der Waals surface area contributed by atoms with Crippen LogP contribution < -0.4 is 14.7 Å². The summed E-state index contributed by atoms with van der Waals surface area (Å²) < 4.78 is 26.8. The molecule has 2 aromatic heterocycles. The summed E-state index contributed by atoms with van der Waals surface area (Å²) in [6, 6.07) is 63.5. The van der Waals surface area contributed by atoms with Crippen LogP contribution >= 0.6 is 0 Å². The number of hydrogen-bond donors (Lipinski definition) is 0. The quantitative estimate of drug-likeness (QED) is 0.162. The first kappa shape index (κ1) is 32.0. The summed E-state index contributed by atoms with van der Waals surface area (Å²) in [5.41, 5.74) is 12.9. The third-order valence-corrected chi connectivity index (χ3v) is 11.3. The van der Waals surface area contributed by atoms with Crippen LogP contribution in [0.25, 0.3) is 49.9 Å². The lowest BCUT2D eigenvalue weighted by atomic mass is 9.94. The monoisotopic (exact) mass is 754 g/mol. The van der Waals surface area contributed by atoms with Gasteiger partial charge in [-0.15, -0.1) is 0 Å². The zero-order valence-corrected chi connectivity index (χ0v) is 32.8. The molecule has 5 heteroatoms. The van der Waals surface area contributed by atoms with E-state index < -0.39 is 6.85 Å². The zero-order chi connectivity index (χ0) is 41.9. The van der Waals surface area contributed by atoms with Crippen LogP contribution in [0.4, 0.5) is 34.1 Å². The smallest absolute Gasteiger partial charge is 0.137 e. The second-order valence-electron chi connectivity index (χ2n) is 15.9. The van der Waals surface area contributed by atoms with Gasteiger partial charge in [-0.25, -0.2) is 4.98 Å². The van der Waals surface area contributed by atoms with Crippen LogP contribution in [0.1, 0.15) is 30.4 Å². The molecule has 1 aliphatic heterocycles. The highest BCUT2D eigenvalue weighted by molar-refractivity contribution is 6.11. The molecular formula is C53H45N5. The van der Waals surface area contributed by atoms with E-state index in [0.29, 0.717) is 5.82 Å². The molecule has 0 aliphatic carbocycles. The van der Waals surface area contributed by atoms with Crippen molar-refractivity contribution < 1.29 is 4.11 Å². The van der Waals surface area contributed by atoms with Gasteiger partial charge in [0, 0.05) is 54.8 Å². The molecule has 0 radical (unpaired) electrons. The average Bonchev–Trinajstić information content (AvgIpc) is 3.84. The number of rotatable bonds is 7. The maximum Gasteiger partial charge on any atom is 0.137 e. The molecule has 282 valence electrons. The number of hydrogen-bond acceptors (Lipinski definition) is 4. The molecule has 0 bridgehead atoms. The van der Waals surface area contributed by atoms with Crippen molar-refractivity contribution >= 4 is 55.9 Å². The van der Waals surface area contributed by atoms with E-state index in [9.17, 15) is 0 Å². The highest BCUT2D eigenvalue weighted by Crippen LogP contribution is 2.50. The van der Waals surface area contributed by atoms with Crippen LogP contribution in [0.5, 0.6) is 0 Å². The van der Waals surface area contributed by atoms with Crippen LogP contribution in [0, 0.1) is 6.85 Å². The molecule has 0 saturated heterocycles. The van der Waals surface area contributed by atoms with E-state index in [1.807, 2.05) is 12.1 Å². The molecule has 0 atom stereocenters.